The van der Waals surface area contributed by atoms with Crippen LogP contribution < -0.4 is 5.30 Å². The summed E-state index contributed by atoms with van der Waals surface area (Å²) in [6, 6.07) is 21.3. The Balaban J connectivity index is 2.25. The molecule has 3 rings (SSSR count). The molecule has 0 bridgehead atoms. The van der Waals surface area contributed by atoms with Crippen LogP contribution in [0.15, 0.2) is 78.9 Å². The van der Waals surface area contributed by atoms with Gasteiger partial charge in [0.05, 0.1) is 5.66 Å². The van der Waals surface area contributed by atoms with Crippen LogP contribution in [0.2, 0.25) is 0 Å². The van der Waals surface area contributed by atoms with Crippen molar-refractivity contribution in [1.82, 2.24) is 0 Å². The van der Waals surface area contributed by atoms with E-state index in [1.165, 1.54) is 25.3 Å². The molecule has 0 amide bonds. The number of hydrogen-bond acceptors (Lipinski definition) is 3. The van der Waals surface area contributed by atoms with Crippen molar-refractivity contribution >= 4 is 12.7 Å². The molecule has 25 heavy (non-hydrogen) atoms. The summed E-state index contributed by atoms with van der Waals surface area (Å²) >= 11 is 0. The molecule has 5 heteroatoms. The number of phenols is 1. The van der Waals surface area contributed by atoms with E-state index in [0.29, 0.717) is 16.4 Å². The van der Waals surface area contributed by atoms with Crippen molar-refractivity contribution in [1.29, 1.82) is 0 Å². The Morgan fingerprint density at radius 1 is 0.920 bits per heavy atom. The molecule has 0 spiro atoms. The molecule has 1 N–H and O–H groups in total. The molecule has 3 aromatic carbocycles. The van der Waals surface area contributed by atoms with E-state index >= 15 is 0 Å². The van der Waals surface area contributed by atoms with Gasteiger partial charge in [0, 0.05) is 18.0 Å². The van der Waals surface area contributed by atoms with Gasteiger partial charge >= 0.3 is 0 Å². The van der Waals surface area contributed by atoms with Crippen LogP contribution in [-0.4, -0.2) is 12.2 Å². The van der Waals surface area contributed by atoms with Crippen LogP contribution in [0.3, 0.4) is 0 Å². The lowest BCUT2D eigenvalue weighted by molar-refractivity contribution is 0.395. The Morgan fingerprint density at radius 2 is 1.52 bits per heavy atom. The molecule has 0 aliphatic heterocycles. The van der Waals surface area contributed by atoms with Gasteiger partial charge in [0.2, 0.25) is 7.37 Å². The fourth-order valence-electron chi connectivity index (χ4n) is 2.92. The van der Waals surface area contributed by atoms with Gasteiger partial charge in [-0.15, -0.1) is 0 Å². The standard InChI is InChI=1S/C20H18FO3P/c1-24-25(23,17-7-3-2-4-8-17)20(15-11-13-16(21)14-12-15)18-9-5-6-10-19(18)22/h2-14,20,22H,1H3. The summed E-state index contributed by atoms with van der Waals surface area (Å²) in [5, 5.41) is 10.9. The lowest BCUT2D eigenvalue weighted by Gasteiger charge is -2.28. The predicted molar refractivity (Wildman–Crippen MR) is 97.0 cm³/mol. The first-order valence-electron chi connectivity index (χ1n) is 7.80. The first-order valence-corrected chi connectivity index (χ1v) is 9.50. The van der Waals surface area contributed by atoms with E-state index in [0.717, 1.165) is 0 Å². The third-order valence-corrected chi connectivity index (χ3v) is 6.96. The first-order chi connectivity index (χ1) is 12.1. The van der Waals surface area contributed by atoms with Gasteiger partial charge in [-0.05, 0) is 35.9 Å². The highest BCUT2D eigenvalue weighted by Gasteiger charge is 2.39. The number of aromatic hydroxyl groups is 1. The normalized spacial score (nSPS) is 14.6. The summed E-state index contributed by atoms with van der Waals surface area (Å²) in [5.74, 6) is -0.364. The van der Waals surface area contributed by atoms with E-state index in [2.05, 4.69) is 0 Å². The third kappa shape index (κ3) is 3.37. The number of benzene rings is 3. The van der Waals surface area contributed by atoms with Gasteiger partial charge in [-0.1, -0.05) is 48.5 Å². The third-order valence-electron chi connectivity index (χ3n) is 4.14. The molecule has 0 aromatic heterocycles. The molecule has 0 aliphatic carbocycles. The first kappa shape index (κ1) is 17.4. The van der Waals surface area contributed by atoms with E-state index < -0.39 is 13.0 Å². The topological polar surface area (TPSA) is 46.5 Å². The van der Waals surface area contributed by atoms with Crippen molar-refractivity contribution in [2.75, 3.05) is 7.11 Å². The summed E-state index contributed by atoms with van der Waals surface area (Å²) < 4.78 is 32.8. The van der Waals surface area contributed by atoms with Gasteiger partial charge in [0.15, 0.2) is 0 Å². The highest BCUT2D eigenvalue weighted by Crippen LogP contribution is 2.62. The van der Waals surface area contributed by atoms with Crippen LogP contribution in [-0.2, 0) is 9.09 Å². The number of rotatable bonds is 5. The summed E-state index contributed by atoms with van der Waals surface area (Å²) in [5.41, 5.74) is 0.335. The van der Waals surface area contributed by atoms with E-state index in [4.69, 9.17) is 4.52 Å². The number of para-hydroxylation sites is 1. The summed E-state index contributed by atoms with van der Waals surface area (Å²) in [6.07, 6.45) is 0. The Kier molecular flexibility index (Phi) is 5.03. The van der Waals surface area contributed by atoms with Crippen LogP contribution in [0, 0.1) is 5.82 Å². The fourth-order valence-corrected chi connectivity index (χ4v) is 5.38. The minimum atomic E-state index is -3.43. The largest absolute Gasteiger partial charge is 0.508 e. The Hall–Kier alpha value is -2.42. The van der Waals surface area contributed by atoms with Gasteiger partial charge in [0.1, 0.15) is 11.6 Å². The zero-order chi connectivity index (χ0) is 17.9. The lowest BCUT2D eigenvalue weighted by atomic mass is 10.0. The molecule has 0 saturated carbocycles. The second-order valence-electron chi connectivity index (χ2n) is 5.63. The molecule has 0 saturated heterocycles. The van der Waals surface area contributed by atoms with E-state index in [1.807, 2.05) is 6.07 Å². The maximum absolute atomic E-state index is 13.9. The number of halogens is 1. The van der Waals surface area contributed by atoms with E-state index in [-0.39, 0.29) is 11.6 Å². The molecule has 0 fully saturated rings. The minimum Gasteiger partial charge on any atom is -0.508 e. The van der Waals surface area contributed by atoms with Crippen molar-refractivity contribution in [2.24, 2.45) is 0 Å². The van der Waals surface area contributed by atoms with Gasteiger partial charge < -0.3 is 9.63 Å². The summed E-state index contributed by atoms with van der Waals surface area (Å²) in [6.45, 7) is 0. The second-order valence-corrected chi connectivity index (χ2v) is 8.22. The highest BCUT2D eigenvalue weighted by atomic mass is 31.2. The van der Waals surface area contributed by atoms with Gasteiger partial charge in [-0.2, -0.15) is 0 Å². The Labute approximate surface area is 146 Å². The molecule has 2 atom stereocenters. The van der Waals surface area contributed by atoms with Crippen LogP contribution in [0.1, 0.15) is 16.8 Å². The summed E-state index contributed by atoms with van der Waals surface area (Å²) in [7, 11) is -2.04. The smallest absolute Gasteiger partial charge is 0.243 e. The fraction of sp³-hybridized carbons (Fsp3) is 0.100. The Morgan fingerprint density at radius 3 is 2.12 bits per heavy atom. The molecule has 0 heterocycles. The predicted octanol–water partition coefficient (Wildman–Crippen LogP) is 4.87. The second kappa shape index (κ2) is 7.22. The molecule has 0 aliphatic rings. The van der Waals surface area contributed by atoms with Crippen molar-refractivity contribution < 1.29 is 18.6 Å². The SMILES string of the molecule is COP(=O)(c1ccccc1)C(c1ccc(F)cc1)c1ccccc1O. The van der Waals surface area contributed by atoms with Crippen molar-refractivity contribution in [3.8, 4) is 5.75 Å². The van der Waals surface area contributed by atoms with Gasteiger partial charge in [0.25, 0.3) is 0 Å². The molecule has 128 valence electrons. The van der Waals surface area contributed by atoms with Crippen molar-refractivity contribution in [2.45, 2.75) is 5.66 Å². The Bertz CT molecular complexity index is 894. The highest BCUT2D eigenvalue weighted by molar-refractivity contribution is 7.67. The van der Waals surface area contributed by atoms with Crippen LogP contribution in [0.5, 0.6) is 5.75 Å². The van der Waals surface area contributed by atoms with Crippen molar-refractivity contribution in [3.05, 3.63) is 95.8 Å². The zero-order valence-corrected chi connectivity index (χ0v) is 14.6. The zero-order valence-electron chi connectivity index (χ0n) is 13.7. The minimum absolute atomic E-state index is 0.0185. The molecule has 3 nitrogen and oxygen atoms in total. The van der Waals surface area contributed by atoms with E-state index in [1.54, 1.807) is 54.6 Å². The molecule has 2 unspecified atom stereocenters. The van der Waals surface area contributed by atoms with E-state index in [9.17, 15) is 14.1 Å². The lowest BCUT2D eigenvalue weighted by Crippen LogP contribution is -2.14. The van der Waals surface area contributed by atoms with Crippen molar-refractivity contribution in [3.63, 3.8) is 0 Å². The quantitative estimate of drug-likeness (QED) is 0.664. The molecular formula is C20H18FO3P. The van der Waals surface area contributed by atoms with Crippen LogP contribution in [0.4, 0.5) is 4.39 Å². The monoisotopic (exact) mass is 356 g/mol. The number of hydrogen-bond donors (Lipinski definition) is 1. The van der Waals surface area contributed by atoms with Gasteiger partial charge in [-0.3, -0.25) is 4.57 Å². The molecule has 0 radical (unpaired) electrons. The van der Waals surface area contributed by atoms with Gasteiger partial charge in [-0.25, -0.2) is 4.39 Å². The average molecular weight is 356 g/mol. The van der Waals surface area contributed by atoms with Crippen LogP contribution >= 0.6 is 7.37 Å². The van der Waals surface area contributed by atoms with Crippen LogP contribution in [0.25, 0.3) is 0 Å². The maximum Gasteiger partial charge on any atom is 0.243 e. The molecule has 3 aromatic rings. The maximum atomic E-state index is 13.9. The average Bonchev–Trinajstić information content (AvgIpc) is 2.65. The number of phenolic OH excluding ortho intramolecular Hbond substituents is 1. The molecular weight excluding hydrogens is 338 g/mol. The summed E-state index contributed by atoms with van der Waals surface area (Å²) in [4.78, 5) is 0.